The number of ether oxygens (including phenoxy) is 4. The maximum atomic E-state index is 13.8. The molecule has 0 saturated heterocycles. The summed E-state index contributed by atoms with van der Waals surface area (Å²) in [5.41, 5.74) is 1.73. The third-order valence-corrected chi connectivity index (χ3v) is 10.6. The molecule has 13 nitrogen and oxygen atoms in total. The highest BCUT2D eigenvalue weighted by Crippen LogP contribution is 2.62. The minimum atomic E-state index is -1.43. The van der Waals surface area contributed by atoms with E-state index in [9.17, 15) is 25.1 Å². The smallest absolute Gasteiger partial charge is 0.409 e. The highest BCUT2D eigenvalue weighted by molar-refractivity contribution is 6.03. The van der Waals surface area contributed by atoms with Crippen molar-refractivity contribution in [2.75, 3.05) is 33.5 Å². The van der Waals surface area contributed by atoms with Gasteiger partial charge in [-0.1, -0.05) is 42.3 Å². The largest absolute Gasteiger partial charge is 0.459 e. The molecule has 2 aliphatic carbocycles. The summed E-state index contributed by atoms with van der Waals surface area (Å²) in [5, 5.41) is 36.0. The van der Waals surface area contributed by atoms with Crippen LogP contribution in [0.4, 0.5) is 10.5 Å². The summed E-state index contributed by atoms with van der Waals surface area (Å²) in [5.74, 6) is -0.845. The lowest BCUT2D eigenvalue weighted by Gasteiger charge is -2.59. The number of hydrogen-bond donors (Lipinski definition) is 2. The van der Waals surface area contributed by atoms with Gasteiger partial charge in [0.15, 0.2) is 0 Å². The second-order valence-electron chi connectivity index (χ2n) is 15.6. The number of nitro groups is 1. The van der Waals surface area contributed by atoms with Gasteiger partial charge in [-0.15, -0.1) is 13.2 Å². The zero-order valence-electron chi connectivity index (χ0n) is 33.1. The zero-order chi connectivity index (χ0) is 40.5. The average Bonchev–Trinajstić information content (AvgIpc) is 3.17. The molecular formula is C43H57N3O10. The number of nitrogens with zero attached hydrogens (tertiary/aromatic N) is 3. The number of carbonyl (C=O) groups is 1. The second-order valence-corrected chi connectivity index (χ2v) is 15.6. The van der Waals surface area contributed by atoms with Crippen LogP contribution in [0.5, 0.6) is 17.2 Å². The first-order chi connectivity index (χ1) is 26.9. The summed E-state index contributed by atoms with van der Waals surface area (Å²) in [7, 11) is 1.68. The molecule has 2 aromatic rings. The van der Waals surface area contributed by atoms with Crippen molar-refractivity contribution < 1.29 is 43.7 Å². The van der Waals surface area contributed by atoms with Gasteiger partial charge in [-0.3, -0.25) is 10.1 Å². The third kappa shape index (κ3) is 9.62. The number of oxime groups is 1. The minimum Gasteiger partial charge on any atom is -0.459 e. The van der Waals surface area contributed by atoms with Crippen molar-refractivity contribution >= 4 is 17.5 Å². The van der Waals surface area contributed by atoms with Crippen LogP contribution in [-0.4, -0.2) is 82.7 Å². The fraction of sp³-hybridized carbons (Fsp3) is 0.535. The van der Waals surface area contributed by atoms with Crippen LogP contribution in [-0.2, 0) is 14.3 Å². The van der Waals surface area contributed by atoms with E-state index < -0.39 is 34.4 Å². The van der Waals surface area contributed by atoms with Gasteiger partial charge in [-0.25, -0.2) is 4.79 Å². The Morgan fingerprint density at radius 3 is 2.48 bits per heavy atom. The molecule has 1 heterocycles. The van der Waals surface area contributed by atoms with Gasteiger partial charge in [0.25, 0.3) is 5.69 Å². The van der Waals surface area contributed by atoms with E-state index in [0.717, 1.165) is 36.8 Å². The van der Waals surface area contributed by atoms with Crippen molar-refractivity contribution in [3.63, 3.8) is 0 Å². The maximum Gasteiger partial charge on any atom is 0.409 e. The van der Waals surface area contributed by atoms with Gasteiger partial charge in [0, 0.05) is 44.2 Å². The Hall–Kier alpha value is -4.72. The molecule has 2 N–H and O–H groups in total. The molecule has 6 atom stereocenters. The lowest BCUT2D eigenvalue weighted by Crippen LogP contribution is -2.69. The number of aliphatic hydroxyl groups excluding tert-OH is 2. The number of likely N-dealkylation sites (N-methyl/N-ethyl adjacent to an activating group) is 1. The zero-order valence-corrected chi connectivity index (χ0v) is 33.1. The molecule has 304 valence electrons. The number of rotatable bonds is 19. The van der Waals surface area contributed by atoms with Crippen LogP contribution in [0, 0.1) is 27.9 Å². The molecule has 0 spiro atoms. The molecule has 3 aliphatic rings. The molecule has 2 aromatic carbocycles. The van der Waals surface area contributed by atoms with Crippen LogP contribution in [0.25, 0.3) is 0 Å². The van der Waals surface area contributed by atoms with Gasteiger partial charge in [0.05, 0.1) is 35.8 Å². The van der Waals surface area contributed by atoms with E-state index in [2.05, 4.69) is 19.2 Å². The lowest BCUT2D eigenvalue weighted by atomic mass is 9.55. The van der Waals surface area contributed by atoms with Gasteiger partial charge >= 0.3 is 6.09 Å². The predicted molar refractivity (Wildman–Crippen MR) is 213 cm³/mol. The topological polar surface area (TPSA) is 162 Å². The Kier molecular flexibility index (Phi) is 14.4. The first-order valence-electron chi connectivity index (χ1n) is 19.6. The Morgan fingerprint density at radius 1 is 1.07 bits per heavy atom. The van der Waals surface area contributed by atoms with E-state index in [1.807, 2.05) is 32.9 Å². The Morgan fingerprint density at radius 2 is 1.80 bits per heavy atom. The Labute approximate surface area is 329 Å². The number of unbranched alkanes of at least 4 members (excludes halogenated alkanes) is 2. The summed E-state index contributed by atoms with van der Waals surface area (Å²) in [6, 6.07) is 10.8. The van der Waals surface area contributed by atoms with Crippen LogP contribution >= 0.6 is 0 Å². The van der Waals surface area contributed by atoms with Crippen LogP contribution in [0.15, 0.2) is 84.6 Å². The summed E-state index contributed by atoms with van der Waals surface area (Å²) in [6.07, 6.45) is 10.2. The molecule has 0 aromatic heterocycles. The molecule has 1 aliphatic heterocycles. The van der Waals surface area contributed by atoms with E-state index in [1.165, 1.54) is 17.0 Å². The van der Waals surface area contributed by atoms with Gasteiger partial charge < -0.3 is 38.9 Å². The van der Waals surface area contributed by atoms with Crippen molar-refractivity contribution in [3.05, 3.63) is 95.1 Å². The molecule has 13 heteroatoms. The average molecular weight is 776 g/mol. The van der Waals surface area contributed by atoms with E-state index in [1.54, 1.807) is 37.4 Å². The molecular weight excluding hydrogens is 718 g/mol. The van der Waals surface area contributed by atoms with Crippen molar-refractivity contribution in [2.24, 2.45) is 22.9 Å². The summed E-state index contributed by atoms with van der Waals surface area (Å²) in [4.78, 5) is 32.5. The fourth-order valence-electron chi connectivity index (χ4n) is 8.24. The fourth-order valence-corrected chi connectivity index (χ4v) is 8.24. The first-order valence-corrected chi connectivity index (χ1v) is 19.6. The first kappa shape index (κ1) is 42.4. The van der Waals surface area contributed by atoms with Crippen LogP contribution in [0.1, 0.15) is 83.6 Å². The molecule has 1 amide bonds. The number of hydrogen-bond acceptors (Lipinski definition) is 11. The second kappa shape index (κ2) is 18.9. The standard InChI is InChI=1S/C43H57N3O10/c1-7-9-24-52-41(49)45(6)38-28-36(44-56-42(3,4)5)34-25-29(15-10-12-21-47)33(18-11-13-22-48)39-35-27-32(54-31-17-14-16-30(26-31)46(50)51)19-20-37(35)55-43(38,40(34)39)53-23-8-2/h7-8,14,16-17,19-20,25-27,29,33,38-40,47-48H,1-2,9-13,15,18,21-24,28H2,3-6H3. The van der Waals surface area contributed by atoms with E-state index in [0.29, 0.717) is 42.2 Å². The van der Waals surface area contributed by atoms with Gasteiger partial charge in [-0.2, -0.15) is 0 Å². The normalized spacial score (nSPS) is 24.5. The summed E-state index contributed by atoms with van der Waals surface area (Å²) in [6.45, 7) is 13.9. The number of amides is 1. The number of nitro benzene ring substituents is 1. The number of non-ortho nitro benzene ring substituents is 1. The number of carbonyl (C=O) groups excluding carboxylic acids is 1. The van der Waals surface area contributed by atoms with Crippen LogP contribution < -0.4 is 9.47 Å². The van der Waals surface area contributed by atoms with Crippen LogP contribution in [0.2, 0.25) is 0 Å². The van der Waals surface area contributed by atoms with Crippen molar-refractivity contribution in [1.82, 2.24) is 4.90 Å². The number of allylic oxidation sites excluding steroid dienone is 1. The quantitative estimate of drug-likeness (QED) is 0.0613. The van der Waals surface area contributed by atoms with E-state index in [-0.39, 0.29) is 56.3 Å². The van der Waals surface area contributed by atoms with Gasteiger partial charge in [-0.05, 0) is 94.5 Å². The monoisotopic (exact) mass is 775 g/mol. The number of benzene rings is 2. The molecule has 5 rings (SSSR count). The summed E-state index contributed by atoms with van der Waals surface area (Å²) < 4.78 is 26.0. The van der Waals surface area contributed by atoms with Crippen molar-refractivity contribution in [1.29, 1.82) is 0 Å². The highest BCUT2D eigenvalue weighted by Gasteiger charge is 2.65. The highest BCUT2D eigenvalue weighted by atomic mass is 16.7. The molecule has 1 saturated carbocycles. The summed E-state index contributed by atoms with van der Waals surface area (Å²) >= 11 is 0. The predicted octanol–water partition coefficient (Wildman–Crippen LogP) is 8.46. The van der Waals surface area contributed by atoms with E-state index >= 15 is 0 Å². The Balaban J connectivity index is 1.75. The van der Waals surface area contributed by atoms with Gasteiger partial charge in [0.2, 0.25) is 5.79 Å². The Bertz CT molecular complexity index is 1770. The molecule has 1 fully saturated rings. The molecule has 0 bridgehead atoms. The lowest BCUT2D eigenvalue weighted by molar-refractivity contribution is -0.384. The molecule has 0 radical (unpaired) electrons. The number of aliphatic hydroxyl groups is 2. The third-order valence-electron chi connectivity index (χ3n) is 10.6. The minimum absolute atomic E-state index is 0.00444. The van der Waals surface area contributed by atoms with Crippen LogP contribution in [0.3, 0.4) is 0 Å². The number of fused-ring (bicyclic) bond motifs is 2. The van der Waals surface area contributed by atoms with Gasteiger partial charge in [0.1, 0.15) is 28.9 Å². The molecule has 6 unspecified atom stereocenters. The SMILES string of the molecule is C=CCCOC(=O)N(C)C1CC(=NOC(C)(C)C)C2=CC(CCCCO)C(CCCCO)C3c4cc(Oc5cccc([N+](=O)[O-])c5)ccc4OC1(OCC=C)C23. The molecule has 56 heavy (non-hydrogen) atoms. The van der Waals surface area contributed by atoms with Crippen molar-refractivity contribution in [3.8, 4) is 17.2 Å². The van der Waals surface area contributed by atoms with E-state index in [4.69, 9.17) is 28.9 Å². The van der Waals surface area contributed by atoms with Crippen molar-refractivity contribution in [2.45, 2.75) is 95.5 Å². The maximum absolute atomic E-state index is 13.8.